The lowest BCUT2D eigenvalue weighted by atomic mass is 9.82. The first-order chi connectivity index (χ1) is 8.81. The minimum absolute atomic E-state index is 0.330. The number of rotatable bonds is 6. The summed E-state index contributed by atoms with van der Waals surface area (Å²) >= 11 is 6.39. The Labute approximate surface area is 122 Å². The van der Waals surface area contributed by atoms with Crippen LogP contribution in [0.15, 0.2) is 0 Å². The number of hydrogen-bond donors (Lipinski definition) is 1. The van der Waals surface area contributed by atoms with E-state index in [1.807, 2.05) is 4.68 Å². The second-order valence-corrected chi connectivity index (χ2v) is 6.65. The van der Waals surface area contributed by atoms with Gasteiger partial charge in [0.05, 0.1) is 16.4 Å². The first-order valence-corrected chi connectivity index (χ1v) is 7.63. The Kier molecular flexibility index (Phi) is 5.87. The van der Waals surface area contributed by atoms with Gasteiger partial charge in [-0.15, -0.1) is 0 Å². The molecule has 0 aliphatic carbocycles. The minimum Gasteiger partial charge on any atom is -0.311 e. The van der Waals surface area contributed by atoms with Crippen molar-refractivity contribution in [2.24, 2.45) is 11.3 Å². The first-order valence-electron chi connectivity index (χ1n) is 7.26. The Morgan fingerprint density at radius 3 is 2.42 bits per heavy atom. The van der Waals surface area contributed by atoms with Crippen LogP contribution >= 0.6 is 11.6 Å². The maximum atomic E-state index is 6.39. The molecule has 0 aliphatic heterocycles. The molecule has 4 heteroatoms. The van der Waals surface area contributed by atoms with E-state index in [4.69, 9.17) is 11.6 Å². The number of hydrogen-bond acceptors (Lipinski definition) is 2. The Hall–Kier alpha value is -0.540. The van der Waals surface area contributed by atoms with E-state index in [0.717, 1.165) is 42.5 Å². The molecule has 1 aromatic heterocycles. The third-order valence-electron chi connectivity index (χ3n) is 3.92. The summed E-state index contributed by atoms with van der Waals surface area (Å²) in [6.45, 7) is 16.0. The second kappa shape index (κ2) is 6.76. The van der Waals surface area contributed by atoms with Gasteiger partial charge in [0.1, 0.15) is 0 Å². The summed E-state index contributed by atoms with van der Waals surface area (Å²) in [5, 5.41) is 8.89. The van der Waals surface area contributed by atoms with Crippen molar-refractivity contribution < 1.29 is 0 Å². The van der Waals surface area contributed by atoms with Crippen LogP contribution in [0.4, 0.5) is 0 Å². The molecule has 0 bridgehead atoms. The molecule has 0 fully saturated rings. The van der Waals surface area contributed by atoms with Crippen molar-refractivity contribution in [3.05, 3.63) is 16.4 Å². The van der Waals surface area contributed by atoms with Crippen molar-refractivity contribution in [3.63, 3.8) is 0 Å². The lowest BCUT2D eigenvalue weighted by Gasteiger charge is -2.27. The monoisotopic (exact) mass is 285 g/mol. The summed E-state index contributed by atoms with van der Waals surface area (Å²) in [5.74, 6) is 0.620. The average molecular weight is 286 g/mol. The van der Waals surface area contributed by atoms with E-state index < -0.39 is 0 Å². The first kappa shape index (κ1) is 16.5. The Morgan fingerprint density at radius 2 is 1.95 bits per heavy atom. The molecule has 0 saturated carbocycles. The van der Waals surface area contributed by atoms with Crippen molar-refractivity contribution in [1.82, 2.24) is 15.1 Å². The second-order valence-electron chi connectivity index (χ2n) is 6.27. The molecule has 0 spiro atoms. The summed E-state index contributed by atoms with van der Waals surface area (Å²) in [6, 6.07) is 0. The zero-order valence-electron chi connectivity index (χ0n) is 13.2. The fraction of sp³-hybridized carbons (Fsp3) is 0.800. The lowest BCUT2D eigenvalue weighted by Crippen LogP contribution is -2.30. The summed E-state index contributed by atoms with van der Waals surface area (Å²) in [5.41, 5.74) is 2.45. The quantitative estimate of drug-likeness (QED) is 0.859. The van der Waals surface area contributed by atoms with Gasteiger partial charge in [-0.25, -0.2) is 0 Å². The smallest absolute Gasteiger partial charge is 0.0863 e. The van der Waals surface area contributed by atoms with E-state index in [1.54, 1.807) is 0 Å². The van der Waals surface area contributed by atoms with Crippen LogP contribution in [0.5, 0.6) is 0 Å². The highest BCUT2D eigenvalue weighted by Crippen LogP contribution is 2.25. The Morgan fingerprint density at radius 1 is 1.32 bits per heavy atom. The van der Waals surface area contributed by atoms with Gasteiger partial charge in [-0.3, -0.25) is 4.68 Å². The van der Waals surface area contributed by atoms with E-state index in [0.29, 0.717) is 11.3 Å². The van der Waals surface area contributed by atoms with Gasteiger partial charge >= 0.3 is 0 Å². The van der Waals surface area contributed by atoms with Gasteiger partial charge in [0.25, 0.3) is 0 Å². The fourth-order valence-electron chi connectivity index (χ4n) is 1.90. The number of aromatic nitrogens is 2. The molecule has 110 valence electrons. The largest absolute Gasteiger partial charge is 0.311 e. The predicted molar refractivity (Wildman–Crippen MR) is 82.6 cm³/mol. The SMILES string of the molecule is CCc1nn(CC)c(CNCC(C)C(C)(C)C)c1Cl. The fourth-order valence-corrected chi connectivity index (χ4v) is 2.24. The normalized spacial score (nSPS) is 13.8. The summed E-state index contributed by atoms with van der Waals surface area (Å²) in [6.07, 6.45) is 0.886. The van der Waals surface area contributed by atoms with Crippen LogP contribution in [0.2, 0.25) is 5.02 Å². The molecule has 1 unspecified atom stereocenters. The van der Waals surface area contributed by atoms with Crippen LogP contribution < -0.4 is 5.32 Å². The number of aryl methyl sites for hydroxylation is 2. The molecule has 1 atom stereocenters. The third-order valence-corrected chi connectivity index (χ3v) is 4.35. The number of nitrogens with one attached hydrogen (secondary N) is 1. The molecule has 1 heterocycles. The number of halogens is 1. The van der Waals surface area contributed by atoms with E-state index in [2.05, 4.69) is 52.0 Å². The number of nitrogens with zero attached hydrogens (tertiary/aromatic N) is 2. The summed E-state index contributed by atoms with van der Waals surface area (Å²) in [7, 11) is 0. The summed E-state index contributed by atoms with van der Waals surface area (Å²) in [4.78, 5) is 0. The van der Waals surface area contributed by atoms with Gasteiger partial charge in [0, 0.05) is 13.1 Å². The highest BCUT2D eigenvalue weighted by molar-refractivity contribution is 6.31. The van der Waals surface area contributed by atoms with Crippen molar-refractivity contribution in [1.29, 1.82) is 0 Å². The lowest BCUT2D eigenvalue weighted by molar-refractivity contribution is 0.252. The zero-order chi connectivity index (χ0) is 14.6. The van der Waals surface area contributed by atoms with Crippen LogP contribution in [-0.2, 0) is 19.5 Å². The van der Waals surface area contributed by atoms with Crippen molar-refractivity contribution in [3.8, 4) is 0 Å². The third kappa shape index (κ3) is 4.22. The van der Waals surface area contributed by atoms with Crippen LogP contribution in [0.1, 0.15) is 52.9 Å². The highest BCUT2D eigenvalue weighted by Gasteiger charge is 2.20. The molecular weight excluding hydrogens is 258 g/mol. The minimum atomic E-state index is 0.330. The highest BCUT2D eigenvalue weighted by atomic mass is 35.5. The maximum absolute atomic E-state index is 6.39. The molecule has 0 aliphatic rings. The Balaban J connectivity index is 2.65. The van der Waals surface area contributed by atoms with E-state index in [9.17, 15) is 0 Å². The molecule has 19 heavy (non-hydrogen) atoms. The Bertz CT molecular complexity index is 404. The molecule has 0 saturated heterocycles. The van der Waals surface area contributed by atoms with Crippen LogP contribution in [0.25, 0.3) is 0 Å². The van der Waals surface area contributed by atoms with Crippen molar-refractivity contribution in [2.75, 3.05) is 6.54 Å². The zero-order valence-corrected chi connectivity index (χ0v) is 13.9. The molecule has 0 amide bonds. The molecule has 1 N–H and O–H groups in total. The van der Waals surface area contributed by atoms with Gasteiger partial charge < -0.3 is 5.32 Å². The van der Waals surface area contributed by atoms with Crippen molar-refractivity contribution in [2.45, 2.75) is 61.1 Å². The molecule has 3 nitrogen and oxygen atoms in total. The van der Waals surface area contributed by atoms with Gasteiger partial charge in [-0.1, -0.05) is 46.2 Å². The van der Waals surface area contributed by atoms with Crippen LogP contribution in [0, 0.1) is 11.3 Å². The van der Waals surface area contributed by atoms with Gasteiger partial charge in [-0.2, -0.15) is 5.10 Å². The van der Waals surface area contributed by atoms with Gasteiger partial charge in [0.15, 0.2) is 0 Å². The van der Waals surface area contributed by atoms with E-state index >= 15 is 0 Å². The van der Waals surface area contributed by atoms with Crippen LogP contribution in [0.3, 0.4) is 0 Å². The molecule has 0 radical (unpaired) electrons. The van der Waals surface area contributed by atoms with E-state index in [-0.39, 0.29) is 0 Å². The topological polar surface area (TPSA) is 29.9 Å². The van der Waals surface area contributed by atoms with Gasteiger partial charge in [-0.05, 0) is 31.2 Å². The van der Waals surface area contributed by atoms with Crippen molar-refractivity contribution >= 4 is 11.6 Å². The average Bonchev–Trinajstić information content (AvgIpc) is 2.64. The molecular formula is C15H28ClN3. The van der Waals surface area contributed by atoms with Gasteiger partial charge in [0.2, 0.25) is 0 Å². The molecule has 1 rings (SSSR count). The standard InChI is InChI=1S/C15H28ClN3/c1-7-12-14(16)13(19(8-2)18-12)10-17-9-11(3)15(4,5)6/h11,17H,7-10H2,1-6H3. The summed E-state index contributed by atoms with van der Waals surface area (Å²) < 4.78 is 2.01. The molecule has 1 aromatic rings. The van der Waals surface area contributed by atoms with E-state index in [1.165, 1.54) is 0 Å². The van der Waals surface area contributed by atoms with Crippen LogP contribution in [-0.4, -0.2) is 16.3 Å². The molecule has 0 aromatic carbocycles. The maximum Gasteiger partial charge on any atom is 0.0863 e. The predicted octanol–water partition coefficient (Wildman–Crippen LogP) is 3.89.